The Labute approximate surface area is 166 Å². The summed E-state index contributed by atoms with van der Waals surface area (Å²) >= 11 is 0. The summed E-state index contributed by atoms with van der Waals surface area (Å²) in [7, 11) is 1.66. The molecule has 1 N–H and O–H groups in total. The molecule has 1 aromatic heterocycles. The molecular weight excluding hydrogens is 356 g/mol. The number of hydrogen-bond donors (Lipinski definition) is 1. The Morgan fingerprint density at radius 1 is 1.14 bits per heavy atom. The molecule has 0 spiro atoms. The highest BCUT2D eigenvalue weighted by atomic mass is 16.5. The number of aliphatic imine (C=N–C) groups is 1. The second kappa shape index (κ2) is 9.82. The maximum atomic E-state index is 11.6. The zero-order valence-corrected chi connectivity index (χ0v) is 16.6. The van der Waals surface area contributed by atoms with Crippen LogP contribution in [-0.2, 0) is 17.8 Å². The zero-order valence-electron chi connectivity index (χ0n) is 16.6. The molecule has 1 aliphatic heterocycles. The molecule has 0 unspecified atom stereocenters. The third-order valence-electron chi connectivity index (χ3n) is 4.83. The Hall–Kier alpha value is -2.96. The van der Waals surface area contributed by atoms with Crippen molar-refractivity contribution < 1.29 is 13.9 Å². The maximum absolute atomic E-state index is 11.6. The minimum absolute atomic E-state index is 0.127. The van der Waals surface area contributed by atoms with Crippen molar-refractivity contribution in [3.05, 3.63) is 54.0 Å². The molecule has 150 valence electrons. The van der Waals surface area contributed by atoms with E-state index in [1.807, 2.05) is 41.3 Å². The summed E-state index contributed by atoms with van der Waals surface area (Å²) in [6, 6.07) is 11.8. The summed E-state index contributed by atoms with van der Waals surface area (Å²) in [5.74, 6) is 2.78. The molecule has 0 bridgehead atoms. The topological polar surface area (TPSA) is 70.3 Å². The van der Waals surface area contributed by atoms with Crippen LogP contribution in [0.5, 0.6) is 5.75 Å². The number of nitrogens with one attached hydrogen (secondary N) is 1. The summed E-state index contributed by atoms with van der Waals surface area (Å²) < 4.78 is 10.6. The van der Waals surface area contributed by atoms with E-state index >= 15 is 0 Å². The lowest BCUT2D eigenvalue weighted by atomic mass is 10.2. The highest BCUT2D eigenvalue weighted by Crippen LogP contribution is 2.12. The van der Waals surface area contributed by atoms with Gasteiger partial charge in [0.05, 0.1) is 19.9 Å². The van der Waals surface area contributed by atoms with Crippen LogP contribution in [0.1, 0.15) is 18.2 Å². The second-order valence-electron chi connectivity index (χ2n) is 6.74. The van der Waals surface area contributed by atoms with E-state index in [0.29, 0.717) is 6.54 Å². The fourth-order valence-electron chi connectivity index (χ4n) is 3.15. The van der Waals surface area contributed by atoms with Crippen molar-refractivity contribution >= 4 is 11.9 Å². The number of nitrogens with zero attached hydrogens (tertiary/aromatic N) is 3. The standard InChI is InChI=1S/C21H28N4O3/c1-17(26)24-11-13-25(14-12-24)21(22-10-9-20-4-3-15-28-20)23-16-18-5-7-19(27-2)8-6-18/h3-8,15H,9-14,16H2,1-2H3,(H,22,23). The van der Waals surface area contributed by atoms with Gasteiger partial charge in [-0.1, -0.05) is 12.1 Å². The van der Waals surface area contributed by atoms with Crippen LogP contribution in [-0.4, -0.2) is 61.5 Å². The molecule has 7 heteroatoms. The molecule has 1 fully saturated rings. The predicted octanol–water partition coefficient (Wildman–Crippen LogP) is 2.14. The molecule has 0 saturated carbocycles. The Morgan fingerprint density at radius 2 is 1.86 bits per heavy atom. The summed E-state index contributed by atoms with van der Waals surface area (Å²) in [4.78, 5) is 20.5. The molecule has 3 rings (SSSR count). The van der Waals surface area contributed by atoms with E-state index in [4.69, 9.17) is 14.1 Å². The van der Waals surface area contributed by atoms with Crippen LogP contribution in [0.2, 0.25) is 0 Å². The number of ether oxygens (including phenoxy) is 1. The van der Waals surface area contributed by atoms with Gasteiger partial charge in [-0.15, -0.1) is 0 Å². The van der Waals surface area contributed by atoms with E-state index < -0.39 is 0 Å². The number of guanidine groups is 1. The number of carbonyl (C=O) groups is 1. The predicted molar refractivity (Wildman–Crippen MR) is 108 cm³/mol. The zero-order chi connectivity index (χ0) is 19.8. The fraction of sp³-hybridized carbons (Fsp3) is 0.429. The highest BCUT2D eigenvalue weighted by Gasteiger charge is 2.21. The van der Waals surface area contributed by atoms with E-state index in [1.165, 1.54) is 0 Å². The van der Waals surface area contributed by atoms with Gasteiger partial charge in [-0.2, -0.15) is 0 Å². The van der Waals surface area contributed by atoms with Crippen LogP contribution < -0.4 is 10.1 Å². The van der Waals surface area contributed by atoms with Crippen molar-refractivity contribution in [2.75, 3.05) is 39.8 Å². The highest BCUT2D eigenvalue weighted by molar-refractivity contribution is 5.80. The molecule has 0 radical (unpaired) electrons. The Kier molecular flexibility index (Phi) is 6.94. The number of hydrogen-bond acceptors (Lipinski definition) is 4. The molecule has 0 aliphatic carbocycles. The molecular formula is C21H28N4O3. The molecule has 1 amide bonds. The van der Waals surface area contributed by atoms with Crippen LogP contribution >= 0.6 is 0 Å². The second-order valence-corrected chi connectivity index (χ2v) is 6.74. The molecule has 28 heavy (non-hydrogen) atoms. The number of methoxy groups -OCH3 is 1. The summed E-state index contributed by atoms with van der Waals surface area (Å²) in [6.45, 7) is 5.93. The van der Waals surface area contributed by atoms with Gasteiger partial charge in [-0.05, 0) is 29.8 Å². The number of piperazine rings is 1. The average Bonchev–Trinajstić information content (AvgIpc) is 3.24. The molecule has 2 heterocycles. The third kappa shape index (κ3) is 5.52. The lowest BCUT2D eigenvalue weighted by molar-refractivity contribution is -0.130. The molecule has 1 saturated heterocycles. The normalized spacial score (nSPS) is 14.9. The van der Waals surface area contributed by atoms with Crippen LogP contribution in [0.25, 0.3) is 0 Å². The minimum atomic E-state index is 0.127. The van der Waals surface area contributed by atoms with Crippen molar-refractivity contribution in [1.82, 2.24) is 15.1 Å². The van der Waals surface area contributed by atoms with E-state index in [9.17, 15) is 4.79 Å². The van der Waals surface area contributed by atoms with Crippen LogP contribution in [0, 0.1) is 0 Å². The maximum Gasteiger partial charge on any atom is 0.219 e. The van der Waals surface area contributed by atoms with Gasteiger partial charge >= 0.3 is 0 Å². The van der Waals surface area contributed by atoms with Crippen molar-refractivity contribution in [1.29, 1.82) is 0 Å². The minimum Gasteiger partial charge on any atom is -0.497 e. The summed E-state index contributed by atoms with van der Waals surface area (Å²) in [5.41, 5.74) is 1.12. The number of rotatable bonds is 6. The van der Waals surface area contributed by atoms with Gasteiger partial charge in [0.1, 0.15) is 11.5 Å². The van der Waals surface area contributed by atoms with Gasteiger partial charge in [0.2, 0.25) is 5.91 Å². The van der Waals surface area contributed by atoms with Crippen molar-refractivity contribution in [3.63, 3.8) is 0 Å². The first-order chi connectivity index (χ1) is 13.7. The van der Waals surface area contributed by atoms with Crippen LogP contribution in [0.3, 0.4) is 0 Å². The molecule has 2 aromatic rings. The van der Waals surface area contributed by atoms with Gasteiger partial charge in [-0.3, -0.25) is 4.79 Å². The lowest BCUT2D eigenvalue weighted by Gasteiger charge is -2.36. The van der Waals surface area contributed by atoms with E-state index in [2.05, 4.69) is 10.2 Å². The quantitative estimate of drug-likeness (QED) is 0.610. The molecule has 1 aromatic carbocycles. The number of furan rings is 1. The van der Waals surface area contributed by atoms with Crippen molar-refractivity contribution in [2.24, 2.45) is 4.99 Å². The Morgan fingerprint density at radius 3 is 2.46 bits per heavy atom. The van der Waals surface area contributed by atoms with Gasteiger partial charge in [0.15, 0.2) is 5.96 Å². The summed E-state index contributed by atoms with van der Waals surface area (Å²) in [5, 5.41) is 3.45. The molecule has 7 nitrogen and oxygen atoms in total. The van der Waals surface area contributed by atoms with Gasteiger partial charge in [0, 0.05) is 46.1 Å². The summed E-state index contributed by atoms with van der Waals surface area (Å²) in [6.07, 6.45) is 2.48. The lowest BCUT2D eigenvalue weighted by Crippen LogP contribution is -2.53. The van der Waals surface area contributed by atoms with Crippen LogP contribution in [0.15, 0.2) is 52.1 Å². The monoisotopic (exact) mass is 384 g/mol. The average molecular weight is 384 g/mol. The number of amides is 1. The van der Waals surface area contributed by atoms with Gasteiger partial charge in [-0.25, -0.2) is 4.99 Å². The third-order valence-corrected chi connectivity index (χ3v) is 4.83. The van der Waals surface area contributed by atoms with E-state index in [1.54, 1.807) is 20.3 Å². The fourth-order valence-corrected chi connectivity index (χ4v) is 3.15. The van der Waals surface area contributed by atoms with Crippen molar-refractivity contribution in [3.8, 4) is 5.75 Å². The van der Waals surface area contributed by atoms with E-state index in [-0.39, 0.29) is 5.91 Å². The van der Waals surface area contributed by atoms with Gasteiger partial charge < -0.3 is 24.3 Å². The molecule has 1 aliphatic rings. The first-order valence-electron chi connectivity index (χ1n) is 9.60. The first kappa shape index (κ1) is 19.8. The Balaban J connectivity index is 1.63. The van der Waals surface area contributed by atoms with Gasteiger partial charge in [0.25, 0.3) is 0 Å². The Bertz CT molecular complexity index is 763. The van der Waals surface area contributed by atoms with Crippen LogP contribution in [0.4, 0.5) is 0 Å². The number of carbonyl (C=O) groups excluding carboxylic acids is 1. The smallest absolute Gasteiger partial charge is 0.219 e. The number of benzene rings is 1. The van der Waals surface area contributed by atoms with E-state index in [0.717, 1.165) is 62.2 Å². The first-order valence-corrected chi connectivity index (χ1v) is 9.60. The largest absolute Gasteiger partial charge is 0.497 e. The molecule has 0 atom stereocenters. The van der Waals surface area contributed by atoms with Crippen molar-refractivity contribution in [2.45, 2.75) is 19.9 Å². The SMILES string of the molecule is COc1ccc(CN=C(NCCc2ccco2)N2CCN(C(C)=O)CC2)cc1.